The SMILES string of the molecule is CCN(CCOC)c1nc(COC)c(CO)s1. The quantitative estimate of drug-likeness (QED) is 0.762. The van der Waals surface area contributed by atoms with Crippen molar-refractivity contribution in [1.29, 1.82) is 0 Å². The number of aliphatic hydroxyl groups is 1. The second kappa shape index (κ2) is 7.60. The fourth-order valence-electron chi connectivity index (χ4n) is 1.47. The molecule has 0 unspecified atom stereocenters. The molecule has 0 saturated heterocycles. The number of ether oxygens (including phenoxy) is 2. The predicted octanol–water partition coefficient (Wildman–Crippen LogP) is 1.25. The van der Waals surface area contributed by atoms with Crippen LogP contribution in [-0.2, 0) is 22.7 Å². The van der Waals surface area contributed by atoms with Crippen LogP contribution in [0.2, 0.25) is 0 Å². The van der Waals surface area contributed by atoms with Gasteiger partial charge in [-0.05, 0) is 6.92 Å². The predicted molar refractivity (Wildman–Crippen MR) is 68.5 cm³/mol. The fourth-order valence-corrected chi connectivity index (χ4v) is 2.48. The summed E-state index contributed by atoms with van der Waals surface area (Å²) in [5.41, 5.74) is 0.825. The number of hydrogen-bond acceptors (Lipinski definition) is 6. The Kier molecular flexibility index (Phi) is 6.43. The zero-order valence-electron chi connectivity index (χ0n) is 10.6. The highest BCUT2D eigenvalue weighted by Crippen LogP contribution is 2.26. The first-order chi connectivity index (χ1) is 8.26. The molecule has 0 saturated carbocycles. The number of thiazole rings is 1. The smallest absolute Gasteiger partial charge is 0.186 e. The van der Waals surface area contributed by atoms with Crippen molar-refractivity contribution in [2.75, 3.05) is 38.8 Å². The summed E-state index contributed by atoms with van der Waals surface area (Å²) in [7, 11) is 3.31. The van der Waals surface area contributed by atoms with Crippen molar-refractivity contribution < 1.29 is 14.6 Å². The van der Waals surface area contributed by atoms with Crippen molar-refractivity contribution in [2.45, 2.75) is 20.1 Å². The van der Waals surface area contributed by atoms with E-state index < -0.39 is 0 Å². The van der Waals surface area contributed by atoms with Crippen molar-refractivity contribution in [3.8, 4) is 0 Å². The summed E-state index contributed by atoms with van der Waals surface area (Å²) in [6.07, 6.45) is 0. The van der Waals surface area contributed by atoms with E-state index in [4.69, 9.17) is 9.47 Å². The van der Waals surface area contributed by atoms with Gasteiger partial charge in [0, 0.05) is 27.3 Å². The van der Waals surface area contributed by atoms with E-state index >= 15 is 0 Å². The number of nitrogens with zero attached hydrogens (tertiary/aromatic N) is 2. The zero-order chi connectivity index (χ0) is 12.7. The number of aliphatic hydroxyl groups excluding tert-OH is 1. The highest BCUT2D eigenvalue weighted by molar-refractivity contribution is 7.15. The monoisotopic (exact) mass is 260 g/mol. The molecule has 0 atom stereocenters. The van der Waals surface area contributed by atoms with Gasteiger partial charge < -0.3 is 19.5 Å². The van der Waals surface area contributed by atoms with Gasteiger partial charge in [0.05, 0.1) is 30.4 Å². The van der Waals surface area contributed by atoms with Gasteiger partial charge in [0.2, 0.25) is 0 Å². The molecular weight excluding hydrogens is 240 g/mol. The Balaban J connectivity index is 2.80. The molecule has 6 heteroatoms. The fraction of sp³-hybridized carbons (Fsp3) is 0.727. The van der Waals surface area contributed by atoms with E-state index in [0.29, 0.717) is 13.2 Å². The van der Waals surface area contributed by atoms with Crippen LogP contribution in [-0.4, -0.2) is 44.0 Å². The first-order valence-electron chi connectivity index (χ1n) is 5.59. The van der Waals surface area contributed by atoms with E-state index in [1.807, 2.05) is 0 Å². The standard InChI is InChI=1S/C11H20N2O3S/c1-4-13(5-6-15-2)11-12-9(8-16-3)10(7-14)17-11/h14H,4-8H2,1-3H3. The van der Waals surface area contributed by atoms with Crippen molar-refractivity contribution in [3.05, 3.63) is 10.6 Å². The van der Waals surface area contributed by atoms with Crippen molar-refractivity contribution in [3.63, 3.8) is 0 Å². The number of hydrogen-bond donors (Lipinski definition) is 1. The van der Waals surface area contributed by atoms with Crippen LogP contribution in [0.5, 0.6) is 0 Å². The first kappa shape index (κ1) is 14.4. The summed E-state index contributed by atoms with van der Waals surface area (Å²) in [6.45, 7) is 4.87. The molecule has 98 valence electrons. The van der Waals surface area contributed by atoms with Gasteiger partial charge in [-0.2, -0.15) is 0 Å². The van der Waals surface area contributed by atoms with E-state index in [1.165, 1.54) is 11.3 Å². The highest BCUT2D eigenvalue weighted by Gasteiger charge is 2.14. The largest absolute Gasteiger partial charge is 0.391 e. The van der Waals surface area contributed by atoms with E-state index in [9.17, 15) is 5.11 Å². The number of likely N-dealkylation sites (N-methyl/N-ethyl adjacent to an activating group) is 1. The molecule has 0 radical (unpaired) electrons. The Morgan fingerprint density at radius 3 is 2.65 bits per heavy atom. The third kappa shape index (κ3) is 3.92. The Labute approximate surface area is 106 Å². The van der Waals surface area contributed by atoms with Gasteiger partial charge in [-0.3, -0.25) is 0 Å². The Bertz CT molecular complexity index is 331. The summed E-state index contributed by atoms with van der Waals surface area (Å²) >= 11 is 1.51. The van der Waals surface area contributed by atoms with Crippen LogP contribution in [0.1, 0.15) is 17.5 Å². The molecule has 0 aliphatic heterocycles. The molecule has 0 aliphatic carbocycles. The van der Waals surface area contributed by atoms with Crippen LogP contribution in [0.4, 0.5) is 5.13 Å². The molecule has 0 amide bonds. The number of rotatable bonds is 8. The summed E-state index contributed by atoms with van der Waals surface area (Å²) in [5, 5.41) is 10.2. The zero-order valence-corrected chi connectivity index (χ0v) is 11.4. The maximum Gasteiger partial charge on any atom is 0.186 e. The van der Waals surface area contributed by atoms with Crippen LogP contribution in [0, 0.1) is 0 Å². The van der Waals surface area contributed by atoms with Gasteiger partial charge in [-0.1, -0.05) is 11.3 Å². The lowest BCUT2D eigenvalue weighted by atomic mass is 10.4. The second-order valence-electron chi connectivity index (χ2n) is 3.53. The highest BCUT2D eigenvalue weighted by atomic mass is 32.1. The summed E-state index contributed by atoms with van der Waals surface area (Å²) < 4.78 is 10.1. The Morgan fingerprint density at radius 2 is 2.12 bits per heavy atom. The number of methoxy groups -OCH3 is 2. The van der Waals surface area contributed by atoms with E-state index in [1.54, 1.807) is 14.2 Å². The molecule has 0 aromatic carbocycles. The topological polar surface area (TPSA) is 54.8 Å². The van der Waals surface area contributed by atoms with Gasteiger partial charge in [-0.25, -0.2) is 4.98 Å². The van der Waals surface area contributed by atoms with Crippen molar-refractivity contribution >= 4 is 16.5 Å². The van der Waals surface area contributed by atoms with Gasteiger partial charge >= 0.3 is 0 Å². The normalized spacial score (nSPS) is 10.8. The van der Waals surface area contributed by atoms with Crippen LogP contribution in [0.3, 0.4) is 0 Å². The minimum Gasteiger partial charge on any atom is -0.391 e. The average Bonchev–Trinajstić information content (AvgIpc) is 2.74. The summed E-state index contributed by atoms with van der Waals surface area (Å²) in [6, 6.07) is 0. The molecule has 5 nitrogen and oxygen atoms in total. The Morgan fingerprint density at radius 1 is 1.35 bits per heavy atom. The van der Waals surface area contributed by atoms with Crippen LogP contribution in [0.15, 0.2) is 0 Å². The summed E-state index contributed by atoms with van der Waals surface area (Å²) in [4.78, 5) is 7.50. The van der Waals surface area contributed by atoms with Gasteiger partial charge in [0.25, 0.3) is 0 Å². The van der Waals surface area contributed by atoms with Crippen LogP contribution in [0.25, 0.3) is 0 Å². The average molecular weight is 260 g/mol. The molecule has 1 aromatic heterocycles. The Hall–Kier alpha value is -0.690. The third-order valence-electron chi connectivity index (χ3n) is 2.41. The lowest BCUT2D eigenvalue weighted by molar-refractivity contribution is 0.179. The molecule has 0 fully saturated rings. The minimum absolute atomic E-state index is 0.0121. The molecule has 17 heavy (non-hydrogen) atoms. The van der Waals surface area contributed by atoms with E-state index in [-0.39, 0.29) is 6.61 Å². The molecule has 1 aromatic rings. The lowest BCUT2D eigenvalue weighted by Gasteiger charge is -2.18. The van der Waals surface area contributed by atoms with Crippen molar-refractivity contribution in [2.24, 2.45) is 0 Å². The molecule has 1 rings (SSSR count). The summed E-state index contributed by atoms with van der Waals surface area (Å²) in [5.74, 6) is 0. The minimum atomic E-state index is 0.0121. The van der Waals surface area contributed by atoms with Gasteiger partial charge in [0.15, 0.2) is 5.13 Å². The lowest BCUT2D eigenvalue weighted by Crippen LogP contribution is -2.26. The number of aromatic nitrogens is 1. The maximum absolute atomic E-state index is 9.26. The molecule has 1 N–H and O–H groups in total. The maximum atomic E-state index is 9.26. The molecular formula is C11H20N2O3S. The van der Waals surface area contributed by atoms with E-state index in [2.05, 4.69) is 16.8 Å². The molecule has 0 spiro atoms. The van der Waals surface area contributed by atoms with Gasteiger partial charge in [0.1, 0.15) is 0 Å². The van der Waals surface area contributed by atoms with Gasteiger partial charge in [-0.15, -0.1) is 0 Å². The molecule has 1 heterocycles. The van der Waals surface area contributed by atoms with E-state index in [0.717, 1.165) is 28.8 Å². The molecule has 0 bridgehead atoms. The van der Waals surface area contributed by atoms with Crippen molar-refractivity contribution in [1.82, 2.24) is 4.98 Å². The second-order valence-corrected chi connectivity index (χ2v) is 4.59. The third-order valence-corrected chi connectivity index (χ3v) is 3.55. The van der Waals surface area contributed by atoms with Crippen LogP contribution >= 0.6 is 11.3 Å². The molecule has 0 aliphatic rings. The van der Waals surface area contributed by atoms with Crippen LogP contribution < -0.4 is 4.90 Å². The first-order valence-corrected chi connectivity index (χ1v) is 6.40. The number of anilines is 1.